The maximum Gasteiger partial charge on any atom is 0.256 e. The molecule has 0 atom stereocenters. The Hall–Kier alpha value is -3.46. The summed E-state index contributed by atoms with van der Waals surface area (Å²) in [5.41, 5.74) is 8.16. The molecule has 1 aliphatic heterocycles. The van der Waals surface area contributed by atoms with Crippen LogP contribution in [0.1, 0.15) is 34.0 Å². The van der Waals surface area contributed by atoms with Gasteiger partial charge in [0.05, 0.1) is 0 Å². The van der Waals surface area contributed by atoms with Crippen molar-refractivity contribution in [1.82, 2.24) is 9.88 Å². The molecule has 1 amide bonds. The molecule has 0 unspecified atom stereocenters. The molecular weight excluding hydrogens is 370 g/mol. The average Bonchev–Trinajstić information content (AvgIpc) is 2.76. The number of pyridine rings is 1. The van der Waals surface area contributed by atoms with Crippen LogP contribution in [0.15, 0.2) is 73.1 Å². The smallest absolute Gasteiger partial charge is 0.256 e. The van der Waals surface area contributed by atoms with Crippen LogP contribution < -0.4 is 5.32 Å². The fourth-order valence-corrected chi connectivity index (χ4v) is 3.86. The maximum atomic E-state index is 12.8. The minimum Gasteiger partial charge on any atom is -0.307 e. The minimum atomic E-state index is -0.141. The third kappa shape index (κ3) is 4.11. The van der Waals surface area contributed by atoms with E-state index in [1.165, 1.54) is 11.1 Å². The second-order valence-corrected chi connectivity index (χ2v) is 7.65. The number of hydrogen-bond donors (Lipinski definition) is 1. The maximum absolute atomic E-state index is 12.8. The predicted octanol–water partition coefficient (Wildman–Crippen LogP) is 5.22. The van der Waals surface area contributed by atoms with Crippen LogP contribution in [0.25, 0.3) is 16.3 Å². The Balaban J connectivity index is 1.59. The lowest BCUT2D eigenvalue weighted by atomic mass is 9.97. The summed E-state index contributed by atoms with van der Waals surface area (Å²) < 4.78 is 0. The number of hydrogen-bond acceptors (Lipinski definition) is 3. The number of anilines is 1. The van der Waals surface area contributed by atoms with Gasteiger partial charge in [-0.1, -0.05) is 30.9 Å². The van der Waals surface area contributed by atoms with E-state index in [0.717, 1.165) is 41.4 Å². The monoisotopic (exact) mass is 395 g/mol. The number of aromatic nitrogens is 1. The molecule has 0 saturated heterocycles. The van der Waals surface area contributed by atoms with Crippen LogP contribution in [0, 0.1) is 0 Å². The molecule has 2 heterocycles. The molecule has 3 aromatic rings. The third-order valence-corrected chi connectivity index (χ3v) is 5.54. The Morgan fingerprint density at radius 2 is 1.97 bits per heavy atom. The molecule has 150 valence electrons. The zero-order valence-electron chi connectivity index (χ0n) is 17.4. The van der Waals surface area contributed by atoms with E-state index in [4.69, 9.17) is 0 Å². The molecule has 1 N–H and O–H groups in total. The van der Waals surface area contributed by atoms with Gasteiger partial charge >= 0.3 is 0 Å². The molecule has 0 bridgehead atoms. The summed E-state index contributed by atoms with van der Waals surface area (Å²) in [6.07, 6.45) is 6.70. The molecule has 4 nitrogen and oxygen atoms in total. The van der Waals surface area contributed by atoms with Gasteiger partial charge in [0, 0.05) is 30.2 Å². The van der Waals surface area contributed by atoms with Crippen molar-refractivity contribution in [1.29, 1.82) is 0 Å². The van der Waals surface area contributed by atoms with Crippen LogP contribution in [0.2, 0.25) is 0 Å². The standard InChI is InChI=1S/C26H25N3O/c1-4-6-18(5-2)20-8-10-22-16-27-25(15-23(22)13-20)28-26(30)21-9-7-19-11-12-29(3)17-24(19)14-21/h5-10,13-16H,1,11-12,17H2,2-3H3,(H,27,28,30)/b18-5+. The second-order valence-electron chi connectivity index (χ2n) is 7.65. The van der Waals surface area contributed by atoms with Gasteiger partial charge in [-0.2, -0.15) is 0 Å². The number of carbonyl (C=O) groups excluding carboxylic acids is 1. The highest BCUT2D eigenvalue weighted by Gasteiger charge is 2.16. The van der Waals surface area contributed by atoms with Crippen LogP contribution in [0.5, 0.6) is 0 Å². The van der Waals surface area contributed by atoms with Crippen LogP contribution in [0.4, 0.5) is 5.82 Å². The number of rotatable bonds is 4. The number of amides is 1. The number of benzene rings is 2. The average molecular weight is 396 g/mol. The summed E-state index contributed by atoms with van der Waals surface area (Å²) in [5.74, 6) is 0.401. The molecule has 2 aromatic carbocycles. The molecule has 1 aliphatic rings. The molecule has 30 heavy (non-hydrogen) atoms. The first kappa shape index (κ1) is 19.8. The van der Waals surface area contributed by atoms with Crippen molar-refractivity contribution in [3.8, 4) is 0 Å². The molecule has 0 fully saturated rings. The molecule has 0 saturated carbocycles. The van der Waals surface area contributed by atoms with Crippen molar-refractivity contribution < 1.29 is 4.79 Å². The van der Waals surface area contributed by atoms with Gasteiger partial charge < -0.3 is 10.2 Å². The lowest BCUT2D eigenvalue weighted by molar-refractivity contribution is 0.102. The summed E-state index contributed by atoms with van der Waals surface area (Å²) in [6.45, 7) is 7.58. The Kier molecular flexibility index (Phi) is 5.62. The van der Waals surface area contributed by atoms with Crippen molar-refractivity contribution in [3.05, 3.63) is 95.4 Å². The second kappa shape index (κ2) is 8.50. The van der Waals surface area contributed by atoms with Crippen molar-refractivity contribution in [3.63, 3.8) is 0 Å². The zero-order chi connectivity index (χ0) is 21.1. The number of nitrogens with zero attached hydrogens (tertiary/aromatic N) is 2. The van der Waals surface area contributed by atoms with Gasteiger partial charge in [-0.3, -0.25) is 4.79 Å². The first-order valence-corrected chi connectivity index (χ1v) is 10.1. The number of carbonyl (C=O) groups is 1. The number of likely N-dealkylation sites (N-methyl/N-ethyl adjacent to an activating group) is 1. The van der Waals surface area contributed by atoms with E-state index >= 15 is 0 Å². The van der Waals surface area contributed by atoms with E-state index in [2.05, 4.69) is 52.8 Å². The van der Waals surface area contributed by atoms with E-state index in [1.54, 1.807) is 6.20 Å². The van der Waals surface area contributed by atoms with Gasteiger partial charge in [0.2, 0.25) is 0 Å². The fourth-order valence-electron chi connectivity index (χ4n) is 3.86. The summed E-state index contributed by atoms with van der Waals surface area (Å²) in [7, 11) is 2.10. The summed E-state index contributed by atoms with van der Waals surface area (Å²) in [5, 5.41) is 4.98. The summed E-state index contributed by atoms with van der Waals surface area (Å²) in [4.78, 5) is 19.5. The van der Waals surface area contributed by atoms with Gasteiger partial charge in [-0.15, -0.1) is 5.73 Å². The Morgan fingerprint density at radius 1 is 1.13 bits per heavy atom. The summed E-state index contributed by atoms with van der Waals surface area (Å²) >= 11 is 0. The molecule has 0 radical (unpaired) electrons. The highest BCUT2D eigenvalue weighted by Crippen LogP contribution is 2.24. The van der Waals surface area contributed by atoms with Gasteiger partial charge in [0.25, 0.3) is 5.91 Å². The van der Waals surface area contributed by atoms with Crippen molar-refractivity contribution in [2.45, 2.75) is 19.9 Å². The van der Waals surface area contributed by atoms with E-state index < -0.39 is 0 Å². The topological polar surface area (TPSA) is 45.2 Å². The predicted molar refractivity (Wildman–Crippen MR) is 124 cm³/mol. The van der Waals surface area contributed by atoms with Crippen LogP contribution in [-0.4, -0.2) is 29.4 Å². The van der Waals surface area contributed by atoms with Gasteiger partial charge in [0.15, 0.2) is 0 Å². The molecule has 1 aromatic heterocycles. The highest BCUT2D eigenvalue weighted by molar-refractivity contribution is 6.04. The van der Waals surface area contributed by atoms with Crippen molar-refractivity contribution >= 4 is 28.1 Å². The minimum absolute atomic E-state index is 0.141. The molecular formula is C26H25N3O. The molecule has 4 rings (SSSR count). The first-order valence-electron chi connectivity index (χ1n) is 10.1. The molecule has 0 spiro atoms. The quantitative estimate of drug-likeness (QED) is 0.487. The Bertz CT molecular complexity index is 1200. The summed E-state index contributed by atoms with van der Waals surface area (Å²) in [6, 6.07) is 14.1. The lowest BCUT2D eigenvalue weighted by Crippen LogP contribution is -2.27. The highest BCUT2D eigenvalue weighted by atomic mass is 16.1. The van der Waals surface area contributed by atoms with E-state index in [-0.39, 0.29) is 5.91 Å². The number of nitrogens with one attached hydrogen (secondary N) is 1. The zero-order valence-corrected chi connectivity index (χ0v) is 17.4. The molecule has 0 aliphatic carbocycles. The van der Waals surface area contributed by atoms with Crippen LogP contribution in [0.3, 0.4) is 0 Å². The fraction of sp³-hybridized carbons (Fsp3) is 0.192. The SMILES string of the molecule is C=C=C/C(=C\C)c1ccc2cnc(NC(=O)c3ccc4c(c3)CN(C)CC4)cc2c1. The van der Waals surface area contributed by atoms with Crippen molar-refractivity contribution in [2.24, 2.45) is 0 Å². The van der Waals surface area contributed by atoms with Gasteiger partial charge in [-0.25, -0.2) is 4.98 Å². The van der Waals surface area contributed by atoms with Gasteiger partial charge in [0.1, 0.15) is 5.82 Å². The normalized spacial score (nSPS) is 14.1. The molecule has 4 heteroatoms. The Morgan fingerprint density at radius 3 is 2.77 bits per heavy atom. The van der Waals surface area contributed by atoms with Crippen LogP contribution >= 0.6 is 0 Å². The van der Waals surface area contributed by atoms with E-state index in [9.17, 15) is 4.79 Å². The largest absolute Gasteiger partial charge is 0.307 e. The van der Waals surface area contributed by atoms with E-state index in [1.807, 2.05) is 43.3 Å². The van der Waals surface area contributed by atoms with Crippen LogP contribution in [-0.2, 0) is 13.0 Å². The lowest BCUT2D eigenvalue weighted by Gasteiger charge is -2.25. The van der Waals surface area contributed by atoms with Crippen molar-refractivity contribution in [2.75, 3.05) is 18.9 Å². The van der Waals surface area contributed by atoms with Gasteiger partial charge in [-0.05, 0) is 78.4 Å². The third-order valence-electron chi connectivity index (χ3n) is 5.54. The number of fused-ring (bicyclic) bond motifs is 2. The number of allylic oxidation sites excluding steroid dienone is 3. The van der Waals surface area contributed by atoms with E-state index in [0.29, 0.717) is 11.4 Å². The Labute approximate surface area is 177 Å². The first-order chi connectivity index (χ1) is 14.6.